The highest BCUT2D eigenvalue weighted by Gasteiger charge is 2.35. The first-order valence-electron chi connectivity index (χ1n) is 9.50. The van der Waals surface area contributed by atoms with Crippen LogP contribution in [-0.2, 0) is 0 Å². The average molecular weight is 390 g/mol. The molecule has 3 aromatic rings. The molecule has 3 N–H and O–H groups in total. The van der Waals surface area contributed by atoms with Gasteiger partial charge in [0.1, 0.15) is 42.6 Å². The van der Waals surface area contributed by atoms with E-state index in [1.165, 1.54) is 21.8 Å². The maximum Gasteiger partial charge on any atom is 0.235 e. The number of aromatic nitrogens is 3. The monoisotopic (exact) mass is 389 g/mol. The van der Waals surface area contributed by atoms with Gasteiger partial charge in [0.25, 0.3) is 0 Å². The lowest BCUT2D eigenvalue weighted by molar-refractivity contribution is -1.02. The van der Waals surface area contributed by atoms with E-state index in [0.29, 0.717) is 12.4 Å². The van der Waals surface area contributed by atoms with Crippen molar-refractivity contribution in [3.8, 4) is 11.6 Å². The van der Waals surface area contributed by atoms with Crippen molar-refractivity contribution in [1.29, 1.82) is 0 Å². The molecule has 0 spiro atoms. The number of fused-ring (bicyclic) bond motifs is 1. The van der Waals surface area contributed by atoms with Crippen molar-refractivity contribution in [1.82, 2.24) is 14.6 Å². The van der Waals surface area contributed by atoms with Crippen molar-refractivity contribution < 1.29 is 19.6 Å². The fourth-order valence-electron chi connectivity index (χ4n) is 3.82. The summed E-state index contributed by atoms with van der Waals surface area (Å²) in [6, 6.07) is 8.35. The number of likely N-dealkylation sites (N-methyl/N-ethyl adjacent to an activating group) is 1. The van der Waals surface area contributed by atoms with Crippen LogP contribution in [0.1, 0.15) is 29.2 Å². The molecule has 1 saturated heterocycles. The zero-order valence-corrected chi connectivity index (χ0v) is 16.8. The second-order valence-corrected chi connectivity index (χ2v) is 8.20. The van der Waals surface area contributed by atoms with Gasteiger partial charge >= 0.3 is 0 Å². The van der Waals surface area contributed by atoms with Crippen LogP contribution >= 0.6 is 11.3 Å². The molecule has 1 aromatic carbocycles. The van der Waals surface area contributed by atoms with E-state index in [-0.39, 0.29) is 11.9 Å². The highest BCUT2D eigenvalue weighted by molar-refractivity contribution is 7.17. The molecule has 0 amide bonds. The predicted molar refractivity (Wildman–Crippen MR) is 104 cm³/mol. The van der Waals surface area contributed by atoms with Crippen LogP contribution in [0.5, 0.6) is 11.6 Å². The Bertz CT molecular complexity index is 912. The molecule has 3 heterocycles. The first kappa shape index (κ1) is 18.2. The van der Waals surface area contributed by atoms with E-state index in [2.05, 4.69) is 29.3 Å². The van der Waals surface area contributed by atoms with E-state index in [0.717, 1.165) is 41.8 Å². The minimum atomic E-state index is 0.0718. The lowest BCUT2D eigenvalue weighted by atomic mass is 10.0. The molecule has 1 fully saturated rings. The Balaban J connectivity index is 1.74. The predicted octanol–water partition coefficient (Wildman–Crippen LogP) is -0.294. The number of hydrogen-bond donors (Lipinski definition) is 3. The molecular formula is C19H27N5O2S+2. The van der Waals surface area contributed by atoms with Crippen LogP contribution in [0.2, 0.25) is 0 Å². The third kappa shape index (κ3) is 3.52. The number of piperazine rings is 1. The molecule has 7 nitrogen and oxygen atoms in total. The largest absolute Gasteiger partial charge is 0.494 e. The van der Waals surface area contributed by atoms with Gasteiger partial charge in [-0.2, -0.15) is 4.52 Å². The summed E-state index contributed by atoms with van der Waals surface area (Å²) >= 11 is 1.54. The average Bonchev–Trinajstić information content (AvgIpc) is 3.16. The lowest BCUT2D eigenvalue weighted by Crippen LogP contribution is -3.27. The lowest BCUT2D eigenvalue weighted by Gasteiger charge is -2.33. The first-order valence-corrected chi connectivity index (χ1v) is 10.3. The van der Waals surface area contributed by atoms with Gasteiger partial charge in [-0.3, -0.25) is 0 Å². The number of aromatic hydroxyl groups is 1. The van der Waals surface area contributed by atoms with Gasteiger partial charge in [0.05, 0.1) is 13.7 Å². The van der Waals surface area contributed by atoms with E-state index in [1.54, 1.807) is 9.42 Å². The van der Waals surface area contributed by atoms with Gasteiger partial charge in [0, 0.05) is 5.56 Å². The Labute approximate surface area is 162 Å². The van der Waals surface area contributed by atoms with Gasteiger partial charge in [-0.05, 0) is 38.1 Å². The number of hydrogen-bond acceptors (Lipinski definition) is 5. The number of nitrogens with one attached hydrogen (secondary N) is 2. The molecule has 4 rings (SSSR count). The number of benzene rings is 1. The van der Waals surface area contributed by atoms with Crippen LogP contribution in [0.15, 0.2) is 24.3 Å². The summed E-state index contributed by atoms with van der Waals surface area (Å²) in [7, 11) is 2.24. The fraction of sp³-hybridized carbons (Fsp3) is 0.474. The number of nitrogens with zero attached hydrogens (tertiary/aromatic N) is 3. The molecule has 144 valence electrons. The molecule has 0 aliphatic carbocycles. The Morgan fingerprint density at radius 1 is 1.22 bits per heavy atom. The molecule has 27 heavy (non-hydrogen) atoms. The van der Waals surface area contributed by atoms with Gasteiger partial charge < -0.3 is 19.6 Å². The summed E-state index contributed by atoms with van der Waals surface area (Å²) in [6.07, 6.45) is 0. The smallest absolute Gasteiger partial charge is 0.235 e. The SMILES string of the molecule is CCOc1ccc([C@@H](c2sc3nc(C)nn3c2O)[NH+]2CC[NH+](C)CC2)cc1. The third-order valence-corrected chi connectivity index (χ3v) is 6.33. The summed E-state index contributed by atoms with van der Waals surface area (Å²) < 4.78 is 7.16. The maximum atomic E-state index is 10.9. The summed E-state index contributed by atoms with van der Waals surface area (Å²) in [4.78, 5) is 9.16. The number of thiazole rings is 1. The second-order valence-electron chi connectivity index (χ2n) is 7.19. The van der Waals surface area contributed by atoms with Crippen LogP contribution in [0, 0.1) is 6.92 Å². The standard InChI is InChI=1S/C19H25N5O2S/c1-4-26-15-7-5-14(6-8-15)16(23-11-9-22(3)10-12-23)17-18(25)24-19(27-17)20-13(2)21-24/h5-8,16,25H,4,9-12H2,1-3H3/p+2/t16-/m0/s1. The zero-order chi connectivity index (χ0) is 19.0. The fourth-order valence-corrected chi connectivity index (χ4v) is 5.00. The molecule has 1 aliphatic heterocycles. The van der Waals surface area contributed by atoms with E-state index < -0.39 is 0 Å². The van der Waals surface area contributed by atoms with Crippen LogP contribution in [0.3, 0.4) is 0 Å². The number of rotatable bonds is 5. The van der Waals surface area contributed by atoms with Crippen molar-refractivity contribution in [2.75, 3.05) is 39.8 Å². The molecule has 2 aromatic heterocycles. The first-order chi connectivity index (χ1) is 13.1. The zero-order valence-electron chi connectivity index (χ0n) is 16.0. The molecule has 0 radical (unpaired) electrons. The van der Waals surface area contributed by atoms with Crippen LogP contribution in [0.25, 0.3) is 4.96 Å². The maximum absolute atomic E-state index is 10.9. The minimum absolute atomic E-state index is 0.0718. The van der Waals surface area contributed by atoms with Crippen LogP contribution in [0.4, 0.5) is 0 Å². The van der Waals surface area contributed by atoms with Crippen LogP contribution < -0.4 is 14.5 Å². The Kier molecular flexibility index (Phi) is 5.03. The Hall–Kier alpha value is -2.16. The van der Waals surface area contributed by atoms with Crippen molar-refractivity contribution in [2.45, 2.75) is 19.9 Å². The molecule has 8 heteroatoms. The molecule has 0 unspecified atom stereocenters. The second kappa shape index (κ2) is 7.46. The van der Waals surface area contributed by atoms with Gasteiger partial charge in [0.2, 0.25) is 10.8 Å². The normalized spacial score (nSPS) is 21.4. The highest BCUT2D eigenvalue weighted by atomic mass is 32.1. The topological polar surface area (TPSA) is 68.5 Å². The van der Waals surface area contributed by atoms with Gasteiger partial charge in [-0.1, -0.05) is 11.3 Å². The van der Waals surface area contributed by atoms with Gasteiger partial charge in [-0.15, -0.1) is 5.10 Å². The van der Waals surface area contributed by atoms with Gasteiger partial charge in [0.15, 0.2) is 6.04 Å². The Morgan fingerprint density at radius 3 is 2.56 bits per heavy atom. The van der Waals surface area contributed by atoms with Crippen molar-refractivity contribution in [3.63, 3.8) is 0 Å². The third-order valence-electron chi connectivity index (χ3n) is 5.25. The van der Waals surface area contributed by atoms with E-state index in [1.807, 2.05) is 26.0 Å². The van der Waals surface area contributed by atoms with Crippen molar-refractivity contribution in [2.24, 2.45) is 0 Å². The van der Waals surface area contributed by atoms with E-state index in [9.17, 15) is 5.11 Å². The Morgan fingerprint density at radius 2 is 1.93 bits per heavy atom. The molecule has 0 saturated carbocycles. The quantitative estimate of drug-likeness (QED) is 0.561. The van der Waals surface area contributed by atoms with Crippen LogP contribution in [-0.4, -0.2) is 59.5 Å². The summed E-state index contributed by atoms with van der Waals surface area (Å²) in [5.74, 6) is 1.77. The summed E-state index contributed by atoms with van der Waals surface area (Å²) in [6.45, 7) is 8.88. The summed E-state index contributed by atoms with van der Waals surface area (Å²) in [5, 5.41) is 15.2. The molecule has 1 aliphatic rings. The van der Waals surface area contributed by atoms with Crippen molar-refractivity contribution >= 4 is 16.3 Å². The molecule has 1 atom stereocenters. The van der Waals surface area contributed by atoms with Gasteiger partial charge in [-0.25, -0.2) is 4.98 Å². The number of ether oxygens (including phenoxy) is 1. The van der Waals surface area contributed by atoms with E-state index in [4.69, 9.17) is 4.74 Å². The highest BCUT2D eigenvalue weighted by Crippen LogP contribution is 2.35. The van der Waals surface area contributed by atoms with Crippen molar-refractivity contribution in [3.05, 3.63) is 40.5 Å². The number of quaternary nitrogens is 2. The summed E-state index contributed by atoms with van der Waals surface area (Å²) in [5.41, 5.74) is 1.18. The molecule has 0 bridgehead atoms. The number of aryl methyl sites for hydroxylation is 1. The van der Waals surface area contributed by atoms with E-state index >= 15 is 0 Å². The minimum Gasteiger partial charge on any atom is -0.494 e. The molecular weight excluding hydrogens is 362 g/mol.